The number of carbonyl (C=O) groups excluding carboxylic acids is 2. The van der Waals surface area contributed by atoms with Gasteiger partial charge in [0.2, 0.25) is 0 Å². The Morgan fingerprint density at radius 2 is 1.25 bits per heavy atom. The second-order valence-corrected chi connectivity index (χ2v) is 12.5. The van der Waals surface area contributed by atoms with Gasteiger partial charge in [0.25, 0.3) is 0 Å². The van der Waals surface area contributed by atoms with E-state index in [2.05, 4.69) is 50.3 Å². The second-order valence-electron chi connectivity index (χ2n) is 12.5. The number of hydrogen-bond acceptors (Lipinski definition) is 6. The van der Waals surface area contributed by atoms with Crippen LogP contribution in [0.2, 0.25) is 0 Å². The van der Waals surface area contributed by atoms with E-state index in [-0.39, 0.29) is 36.7 Å². The van der Waals surface area contributed by atoms with E-state index in [0.29, 0.717) is 12.8 Å². The average molecular weight is 671 g/mol. The number of esters is 2. The molecule has 0 heterocycles. The molecule has 0 saturated heterocycles. The lowest BCUT2D eigenvalue weighted by atomic mass is 10.1. The Balaban J connectivity index is 4.57. The second kappa shape index (κ2) is 30.8. The fourth-order valence-electron chi connectivity index (χ4n) is 4.46. The summed E-state index contributed by atoms with van der Waals surface area (Å²) in [5.74, 6) is -1.67. The van der Waals surface area contributed by atoms with Gasteiger partial charge in [0.1, 0.15) is 6.61 Å². The topological polar surface area (TPSA) is 99.1 Å². The molecule has 270 valence electrons. The van der Waals surface area contributed by atoms with Crippen LogP contribution in [-0.2, 0) is 28.6 Å². The molecule has 0 aromatic heterocycles. The van der Waals surface area contributed by atoms with Crippen molar-refractivity contribution in [1.82, 2.24) is 0 Å². The molecule has 0 saturated carbocycles. The SMILES string of the molecule is CC/C=C/C=C/C=C/C=C/CCCCCCCC(=O)OCC(COCCC(C(=O)O)[N+](C)(C)C)OC(=O)C/C=C/C/C=C/C/C=C/CC. The maximum atomic E-state index is 12.5. The molecular weight excluding hydrogens is 606 g/mol. The van der Waals surface area contributed by atoms with Gasteiger partial charge < -0.3 is 23.8 Å². The molecule has 2 unspecified atom stereocenters. The summed E-state index contributed by atoms with van der Waals surface area (Å²) in [5, 5.41) is 9.55. The van der Waals surface area contributed by atoms with E-state index in [1.165, 1.54) is 0 Å². The van der Waals surface area contributed by atoms with Crippen LogP contribution in [0.1, 0.15) is 97.3 Å². The number of nitrogens with zero attached hydrogens (tertiary/aromatic N) is 1. The van der Waals surface area contributed by atoms with Crippen LogP contribution < -0.4 is 0 Å². The number of quaternary nitrogens is 1. The van der Waals surface area contributed by atoms with Gasteiger partial charge in [0.05, 0.1) is 40.8 Å². The lowest BCUT2D eigenvalue weighted by molar-refractivity contribution is -0.887. The number of rotatable bonds is 29. The van der Waals surface area contributed by atoms with Crippen LogP contribution in [0.15, 0.2) is 85.1 Å². The molecule has 8 heteroatoms. The lowest BCUT2D eigenvalue weighted by Gasteiger charge is -2.31. The van der Waals surface area contributed by atoms with Gasteiger partial charge in [0, 0.05) is 12.8 Å². The van der Waals surface area contributed by atoms with E-state index in [4.69, 9.17) is 14.2 Å². The minimum Gasteiger partial charge on any atom is -0.477 e. The highest BCUT2D eigenvalue weighted by molar-refractivity contribution is 5.72. The molecule has 2 atom stereocenters. The molecule has 0 aliphatic carbocycles. The quantitative estimate of drug-likeness (QED) is 0.0280. The largest absolute Gasteiger partial charge is 0.477 e. The first-order valence-corrected chi connectivity index (χ1v) is 17.7. The number of unbranched alkanes of at least 4 members (excludes halogenated alkanes) is 5. The van der Waals surface area contributed by atoms with Crippen LogP contribution in [0.25, 0.3) is 0 Å². The van der Waals surface area contributed by atoms with E-state index in [0.717, 1.165) is 64.2 Å². The number of carbonyl (C=O) groups is 3. The first-order valence-electron chi connectivity index (χ1n) is 17.7. The lowest BCUT2D eigenvalue weighted by Crippen LogP contribution is -2.50. The molecule has 48 heavy (non-hydrogen) atoms. The van der Waals surface area contributed by atoms with Gasteiger partial charge >= 0.3 is 17.9 Å². The summed E-state index contributed by atoms with van der Waals surface area (Å²) in [6.45, 7) is 4.29. The summed E-state index contributed by atoms with van der Waals surface area (Å²) in [5.41, 5.74) is 0. The van der Waals surface area contributed by atoms with Crippen molar-refractivity contribution in [2.75, 3.05) is 41.0 Å². The first kappa shape index (κ1) is 44.5. The summed E-state index contributed by atoms with van der Waals surface area (Å²) < 4.78 is 17.0. The zero-order valence-corrected chi connectivity index (χ0v) is 30.4. The third-order valence-corrected chi connectivity index (χ3v) is 7.17. The van der Waals surface area contributed by atoms with Gasteiger partial charge in [-0.1, -0.05) is 118 Å². The van der Waals surface area contributed by atoms with Gasteiger partial charge in [-0.2, -0.15) is 0 Å². The fraction of sp³-hybridized carbons (Fsp3) is 0.575. The number of aliphatic carboxylic acids is 1. The Bertz CT molecular complexity index is 1060. The number of hydrogen-bond donors (Lipinski definition) is 1. The predicted octanol–water partition coefficient (Wildman–Crippen LogP) is 8.62. The molecule has 0 bridgehead atoms. The molecule has 0 aliphatic rings. The van der Waals surface area contributed by atoms with Crippen molar-refractivity contribution in [3.8, 4) is 0 Å². The zero-order chi connectivity index (χ0) is 35.7. The summed E-state index contributed by atoms with van der Waals surface area (Å²) in [4.78, 5) is 36.6. The highest BCUT2D eigenvalue weighted by Gasteiger charge is 2.31. The fourth-order valence-corrected chi connectivity index (χ4v) is 4.46. The summed E-state index contributed by atoms with van der Waals surface area (Å²) in [7, 11) is 5.46. The van der Waals surface area contributed by atoms with Crippen LogP contribution in [-0.4, -0.2) is 80.6 Å². The molecule has 0 rings (SSSR count). The average Bonchev–Trinajstić information content (AvgIpc) is 3.03. The maximum Gasteiger partial charge on any atom is 0.362 e. The minimum absolute atomic E-state index is 0.0114. The summed E-state index contributed by atoms with van der Waals surface area (Å²) >= 11 is 0. The Kier molecular flexibility index (Phi) is 28.6. The Labute approximate surface area is 291 Å². The van der Waals surface area contributed by atoms with Crippen molar-refractivity contribution < 1.29 is 38.2 Å². The highest BCUT2D eigenvalue weighted by atomic mass is 16.6. The summed E-state index contributed by atoms with van der Waals surface area (Å²) in [6, 6.07) is -0.634. The Morgan fingerprint density at radius 1 is 0.667 bits per heavy atom. The van der Waals surface area contributed by atoms with E-state index in [1.54, 1.807) is 6.08 Å². The van der Waals surface area contributed by atoms with Gasteiger partial charge in [0.15, 0.2) is 12.1 Å². The van der Waals surface area contributed by atoms with Crippen LogP contribution in [0.5, 0.6) is 0 Å². The molecule has 0 radical (unpaired) electrons. The van der Waals surface area contributed by atoms with Crippen molar-refractivity contribution >= 4 is 17.9 Å². The third-order valence-electron chi connectivity index (χ3n) is 7.17. The predicted molar refractivity (Wildman–Crippen MR) is 196 cm³/mol. The number of likely N-dealkylation sites (N-methyl/N-ethyl adjacent to an activating group) is 1. The molecule has 8 nitrogen and oxygen atoms in total. The molecule has 0 spiro atoms. The van der Waals surface area contributed by atoms with Crippen molar-refractivity contribution in [2.24, 2.45) is 0 Å². The Hall–Kier alpha value is -3.49. The van der Waals surface area contributed by atoms with Crippen LogP contribution >= 0.6 is 0 Å². The van der Waals surface area contributed by atoms with Crippen molar-refractivity contribution in [1.29, 1.82) is 0 Å². The Morgan fingerprint density at radius 3 is 1.90 bits per heavy atom. The van der Waals surface area contributed by atoms with E-state index >= 15 is 0 Å². The van der Waals surface area contributed by atoms with Crippen LogP contribution in [0, 0.1) is 0 Å². The van der Waals surface area contributed by atoms with Crippen molar-refractivity contribution in [3.05, 3.63) is 85.1 Å². The molecule has 0 fully saturated rings. The maximum absolute atomic E-state index is 12.5. The molecule has 0 aromatic rings. The third kappa shape index (κ3) is 28.7. The number of carboxylic acid groups (broad SMARTS) is 1. The van der Waals surface area contributed by atoms with Gasteiger partial charge in [-0.15, -0.1) is 0 Å². The van der Waals surface area contributed by atoms with Gasteiger partial charge in [-0.25, -0.2) is 4.79 Å². The zero-order valence-electron chi connectivity index (χ0n) is 30.4. The molecule has 0 amide bonds. The number of carboxylic acids is 1. The smallest absolute Gasteiger partial charge is 0.362 e. The van der Waals surface area contributed by atoms with Gasteiger partial charge in [-0.3, -0.25) is 9.59 Å². The molecule has 0 aromatic carbocycles. The first-order chi connectivity index (χ1) is 23.1. The molecular formula is C40H64NO7+. The van der Waals surface area contributed by atoms with E-state index in [1.807, 2.05) is 63.7 Å². The normalized spacial score (nSPS) is 14.1. The van der Waals surface area contributed by atoms with E-state index < -0.39 is 24.1 Å². The van der Waals surface area contributed by atoms with Crippen LogP contribution in [0.4, 0.5) is 0 Å². The monoisotopic (exact) mass is 670 g/mol. The van der Waals surface area contributed by atoms with Crippen LogP contribution in [0.3, 0.4) is 0 Å². The van der Waals surface area contributed by atoms with E-state index in [9.17, 15) is 19.5 Å². The molecule has 1 N–H and O–H groups in total. The standard InChI is InChI=1S/C40H63NO7/c1-6-8-10-12-14-16-17-18-19-20-21-23-24-26-28-30-38(42)47-35-36(34-46-33-32-37(40(44)45)41(3,4)5)48-39(43)31-29-27-25-22-15-13-11-9-7-2/h8-12,14-19,22,27,29,36-37H,6-7,13,20-21,23-26,28,30-35H2,1-5H3/p+1/b10-8+,11-9+,14-12+,17-16+,19-18+,22-15+,29-27+. The van der Waals surface area contributed by atoms with Gasteiger partial charge in [-0.05, 0) is 44.9 Å². The minimum atomic E-state index is -0.897. The number of ether oxygens (including phenoxy) is 3. The molecule has 0 aliphatic heterocycles. The van der Waals surface area contributed by atoms with Crippen molar-refractivity contribution in [3.63, 3.8) is 0 Å². The highest BCUT2D eigenvalue weighted by Crippen LogP contribution is 2.11. The summed E-state index contributed by atoms with van der Waals surface area (Å²) in [6.07, 6.45) is 38.1. The number of allylic oxidation sites excluding steroid dienone is 13. The van der Waals surface area contributed by atoms with Crippen molar-refractivity contribution in [2.45, 2.75) is 109 Å².